The summed E-state index contributed by atoms with van der Waals surface area (Å²) in [5.41, 5.74) is 0. The van der Waals surface area contributed by atoms with E-state index in [-0.39, 0.29) is 0 Å². The summed E-state index contributed by atoms with van der Waals surface area (Å²) in [6.45, 7) is 1.85. The average Bonchev–Trinajstić information content (AvgIpc) is 2.20. The molecule has 0 bridgehead atoms. The first-order valence-corrected chi connectivity index (χ1v) is 4.99. The molecule has 4 heteroatoms. The van der Waals surface area contributed by atoms with E-state index in [1.165, 1.54) is 0 Å². The highest BCUT2D eigenvalue weighted by Crippen LogP contribution is 2.14. The van der Waals surface area contributed by atoms with Crippen LogP contribution in [-0.2, 0) is 0 Å². The van der Waals surface area contributed by atoms with Gasteiger partial charge in [0.05, 0.1) is 25.4 Å². The summed E-state index contributed by atoms with van der Waals surface area (Å²) in [7, 11) is 4.29. The second-order valence-corrected chi connectivity index (χ2v) is 3.94. The van der Waals surface area contributed by atoms with Crippen molar-refractivity contribution in [2.24, 2.45) is 0 Å². The first kappa shape index (κ1) is 9.55. The Kier molecular flexibility index (Phi) is 2.74. The van der Waals surface area contributed by atoms with Crippen molar-refractivity contribution < 1.29 is 0 Å². The van der Waals surface area contributed by atoms with Crippen LogP contribution < -0.4 is 10.6 Å². The average molecular weight is 194 g/mol. The van der Waals surface area contributed by atoms with Crippen molar-refractivity contribution in [3.8, 4) is 0 Å². The monoisotopic (exact) mass is 194 g/mol. The maximum atomic E-state index is 3.21. The number of nitrogens with zero attached hydrogens (tertiary/aromatic N) is 2. The highest BCUT2D eigenvalue weighted by Gasteiger charge is 2.26. The molecule has 0 fully saturated rings. The molecule has 0 radical (unpaired) electrons. The normalized spacial score (nSPS) is 33.9. The van der Waals surface area contributed by atoms with Gasteiger partial charge in [0.2, 0.25) is 0 Å². The SMILES string of the molecule is CN1CNC=C[C@@H]1[C@H]1C=CNCN1C. The first-order chi connectivity index (χ1) is 6.79. The number of rotatable bonds is 1. The molecule has 2 N–H and O–H groups in total. The van der Waals surface area contributed by atoms with E-state index in [9.17, 15) is 0 Å². The van der Waals surface area contributed by atoms with Crippen LogP contribution in [0.3, 0.4) is 0 Å². The van der Waals surface area contributed by atoms with Crippen molar-refractivity contribution in [3.05, 3.63) is 24.6 Å². The van der Waals surface area contributed by atoms with Gasteiger partial charge in [-0.2, -0.15) is 0 Å². The Morgan fingerprint density at radius 2 is 1.36 bits per heavy atom. The maximum Gasteiger partial charge on any atom is 0.0676 e. The third-order valence-electron chi connectivity index (χ3n) is 2.87. The van der Waals surface area contributed by atoms with E-state index < -0.39 is 0 Å². The van der Waals surface area contributed by atoms with Gasteiger partial charge < -0.3 is 10.6 Å². The van der Waals surface area contributed by atoms with Crippen LogP contribution in [0, 0.1) is 0 Å². The molecular formula is C10H18N4. The summed E-state index contributed by atoms with van der Waals surface area (Å²) in [5.74, 6) is 0. The highest BCUT2D eigenvalue weighted by atomic mass is 15.3. The molecule has 14 heavy (non-hydrogen) atoms. The molecule has 0 amide bonds. The molecule has 0 unspecified atom stereocenters. The quantitative estimate of drug-likeness (QED) is 0.602. The minimum atomic E-state index is 0.472. The number of hydrogen-bond donors (Lipinski definition) is 2. The van der Waals surface area contributed by atoms with Crippen molar-refractivity contribution in [1.82, 2.24) is 20.4 Å². The van der Waals surface area contributed by atoms with Gasteiger partial charge in [0.25, 0.3) is 0 Å². The van der Waals surface area contributed by atoms with Gasteiger partial charge in [-0.3, -0.25) is 9.80 Å². The van der Waals surface area contributed by atoms with Crippen LogP contribution >= 0.6 is 0 Å². The largest absolute Gasteiger partial charge is 0.378 e. The van der Waals surface area contributed by atoms with Gasteiger partial charge in [-0.25, -0.2) is 0 Å². The van der Waals surface area contributed by atoms with E-state index in [0.717, 1.165) is 13.3 Å². The van der Waals surface area contributed by atoms with Gasteiger partial charge in [0.15, 0.2) is 0 Å². The topological polar surface area (TPSA) is 30.5 Å². The van der Waals surface area contributed by atoms with Crippen molar-refractivity contribution in [2.75, 3.05) is 27.4 Å². The standard InChI is InChI=1S/C10H18N4/c1-13-7-11-5-3-9(13)10-4-6-12-8-14(10)2/h3-6,9-12H,7-8H2,1-2H3/t9-,10-/m1/s1. The Labute approximate surface area is 85.3 Å². The molecule has 2 aliphatic rings. The number of hydrogen-bond acceptors (Lipinski definition) is 4. The highest BCUT2D eigenvalue weighted by molar-refractivity contribution is 5.11. The predicted molar refractivity (Wildman–Crippen MR) is 57.4 cm³/mol. The molecule has 0 saturated carbocycles. The summed E-state index contributed by atoms with van der Waals surface area (Å²) >= 11 is 0. The molecule has 0 aromatic carbocycles. The van der Waals surface area contributed by atoms with Crippen LogP contribution in [0.2, 0.25) is 0 Å². The lowest BCUT2D eigenvalue weighted by atomic mass is 10.0. The number of likely N-dealkylation sites (N-methyl/N-ethyl adjacent to an activating group) is 2. The second-order valence-electron chi connectivity index (χ2n) is 3.94. The molecule has 78 valence electrons. The Balaban J connectivity index is 2.11. The summed E-state index contributed by atoms with van der Waals surface area (Å²) in [6.07, 6.45) is 8.55. The molecule has 0 saturated heterocycles. The molecule has 2 aliphatic heterocycles. The molecular weight excluding hydrogens is 176 g/mol. The smallest absolute Gasteiger partial charge is 0.0676 e. The minimum absolute atomic E-state index is 0.472. The first-order valence-electron chi connectivity index (χ1n) is 4.99. The van der Waals surface area contributed by atoms with Crippen LogP contribution in [0.4, 0.5) is 0 Å². The lowest BCUT2D eigenvalue weighted by Gasteiger charge is -2.39. The van der Waals surface area contributed by atoms with Crippen molar-refractivity contribution in [3.63, 3.8) is 0 Å². The summed E-state index contributed by atoms with van der Waals surface area (Å²) in [6, 6.07) is 0.944. The summed E-state index contributed by atoms with van der Waals surface area (Å²) in [4.78, 5) is 4.63. The molecule has 2 atom stereocenters. The van der Waals surface area contributed by atoms with Gasteiger partial charge in [-0.15, -0.1) is 0 Å². The maximum absolute atomic E-state index is 3.21. The zero-order valence-electron chi connectivity index (χ0n) is 8.77. The van der Waals surface area contributed by atoms with Gasteiger partial charge in [-0.05, 0) is 38.6 Å². The van der Waals surface area contributed by atoms with Crippen molar-refractivity contribution in [2.45, 2.75) is 12.1 Å². The fourth-order valence-corrected chi connectivity index (χ4v) is 1.98. The number of nitrogens with one attached hydrogen (secondary N) is 2. The van der Waals surface area contributed by atoms with Gasteiger partial charge >= 0.3 is 0 Å². The van der Waals surface area contributed by atoms with Crippen LogP contribution in [-0.4, -0.2) is 49.3 Å². The van der Waals surface area contributed by atoms with Crippen LogP contribution in [0.25, 0.3) is 0 Å². The van der Waals surface area contributed by atoms with Crippen LogP contribution in [0.5, 0.6) is 0 Å². The Morgan fingerprint density at radius 3 is 1.71 bits per heavy atom. The van der Waals surface area contributed by atoms with Crippen LogP contribution in [0.15, 0.2) is 24.6 Å². The van der Waals surface area contributed by atoms with E-state index in [4.69, 9.17) is 0 Å². The lowest BCUT2D eigenvalue weighted by molar-refractivity contribution is 0.147. The van der Waals surface area contributed by atoms with E-state index in [1.807, 2.05) is 12.4 Å². The molecule has 0 aromatic heterocycles. The van der Waals surface area contributed by atoms with Crippen LogP contribution in [0.1, 0.15) is 0 Å². The zero-order valence-corrected chi connectivity index (χ0v) is 8.77. The lowest BCUT2D eigenvalue weighted by Crippen LogP contribution is -2.54. The Hall–Kier alpha value is -1.00. The fraction of sp³-hybridized carbons (Fsp3) is 0.600. The minimum Gasteiger partial charge on any atom is -0.378 e. The third-order valence-corrected chi connectivity index (χ3v) is 2.87. The van der Waals surface area contributed by atoms with Gasteiger partial charge in [0, 0.05) is 0 Å². The molecule has 0 aliphatic carbocycles. The molecule has 4 nitrogen and oxygen atoms in total. The van der Waals surface area contributed by atoms with Crippen molar-refractivity contribution >= 4 is 0 Å². The Bertz CT molecular complexity index is 223. The Morgan fingerprint density at radius 1 is 0.929 bits per heavy atom. The van der Waals surface area contributed by atoms with E-state index in [2.05, 4.69) is 46.7 Å². The van der Waals surface area contributed by atoms with Gasteiger partial charge in [-0.1, -0.05) is 0 Å². The molecule has 0 aromatic rings. The predicted octanol–water partition coefficient (Wildman–Crippen LogP) is -0.264. The van der Waals surface area contributed by atoms with Crippen molar-refractivity contribution in [1.29, 1.82) is 0 Å². The fourth-order valence-electron chi connectivity index (χ4n) is 1.98. The third kappa shape index (κ3) is 1.76. The molecule has 2 heterocycles. The van der Waals surface area contributed by atoms with Gasteiger partial charge in [0.1, 0.15) is 0 Å². The second kappa shape index (κ2) is 4.02. The van der Waals surface area contributed by atoms with E-state index in [0.29, 0.717) is 12.1 Å². The summed E-state index contributed by atoms with van der Waals surface area (Å²) in [5, 5.41) is 6.41. The van der Waals surface area contributed by atoms with E-state index in [1.54, 1.807) is 0 Å². The van der Waals surface area contributed by atoms with E-state index >= 15 is 0 Å². The molecule has 2 rings (SSSR count). The molecule has 0 spiro atoms. The zero-order chi connectivity index (χ0) is 9.97. The summed E-state index contributed by atoms with van der Waals surface area (Å²) < 4.78 is 0.